The summed E-state index contributed by atoms with van der Waals surface area (Å²) in [6, 6.07) is 20.5. The molecule has 388 valence electrons. The first-order chi connectivity index (χ1) is 35.1. The monoisotopic (exact) mass is 1040 g/mol. The van der Waals surface area contributed by atoms with Crippen LogP contribution in [0.25, 0.3) is 41.8 Å². The minimum atomic E-state index is -1.54. The number of carboxylic acids is 1. The number of thiazole rings is 2. The number of nitrogens with one attached hydrogen (secondary N) is 3. The fraction of sp³-hybridized carbons (Fsp3) is 0.358. The molecular formula is C53H64N14O5S2. The van der Waals surface area contributed by atoms with Crippen molar-refractivity contribution in [2.24, 2.45) is 25.9 Å². The van der Waals surface area contributed by atoms with Gasteiger partial charge in [-0.15, -0.1) is 22.7 Å². The van der Waals surface area contributed by atoms with Crippen LogP contribution in [0.5, 0.6) is 0 Å². The van der Waals surface area contributed by atoms with Gasteiger partial charge in [0.1, 0.15) is 21.7 Å². The normalized spacial score (nSPS) is 17.3. The number of aryl methyl sites for hydroxylation is 4. The number of piperidine rings is 2. The number of nitrogen functional groups attached to an aromatic ring is 2. The fourth-order valence-corrected chi connectivity index (χ4v) is 11.0. The third kappa shape index (κ3) is 12.6. The summed E-state index contributed by atoms with van der Waals surface area (Å²) in [6.45, 7) is 9.90. The summed E-state index contributed by atoms with van der Waals surface area (Å²) in [4.78, 5) is 66.7. The number of amides is 3. The van der Waals surface area contributed by atoms with Crippen LogP contribution in [0.1, 0.15) is 95.1 Å². The topological polar surface area (TPSA) is 267 Å². The summed E-state index contributed by atoms with van der Waals surface area (Å²) in [5.41, 5.74) is 20.2. The van der Waals surface area contributed by atoms with Crippen molar-refractivity contribution < 1.29 is 24.3 Å². The van der Waals surface area contributed by atoms with Gasteiger partial charge in [-0.2, -0.15) is 10.2 Å². The Morgan fingerprint density at radius 1 is 0.703 bits per heavy atom. The van der Waals surface area contributed by atoms with Crippen LogP contribution in [0, 0.1) is 11.8 Å². The first-order valence-corrected chi connectivity index (χ1v) is 25.9. The molecule has 0 bridgehead atoms. The molecule has 2 aromatic carbocycles. The van der Waals surface area contributed by atoms with E-state index in [1.807, 2.05) is 63.1 Å². The Kier molecular flexibility index (Phi) is 17.5. The molecule has 8 heterocycles. The standard InChI is InChI=1S/C26H29N7O2S.C17H20N4S.C9H11N3O3.CH4/c1-4-16-11-18(13-28-23(16)27)30-24(34)26(35)33-14-15(2)5-7-20(33)17-6-8-22-19(12-17)31-25(36-22)21-9-10-29-32(21)3;1-11-3-5-13(18-10-11)12-4-6-16-14(9-12)20-17(22-16)15-7-8-19-21(15)2;1-2-5-3-6(4-11-7(5)10)12-8(13)9(14)15;/h6,8-13,15,20H,4-5,7,14H2,1-3H3,(H2,27,28)(H,30,34);4,6-9,11,13,18H,3,5,10H2,1-2H3;3-4H,2H2,1H3,(H2,10,11)(H,12,13)(H,14,15);1H4/t15-,20+;11-,13+;;/m00../s1. The zero-order chi connectivity index (χ0) is 51.9. The second kappa shape index (κ2) is 23.9. The highest BCUT2D eigenvalue weighted by molar-refractivity contribution is 7.22. The SMILES string of the molecule is C.CCc1cc(NC(=O)C(=O)N2C[C@@H](C)CC[C@@H]2c2ccc3sc(-c4ccnn4C)nc3c2)cnc1N.CCc1cc(NC(=O)C(=O)O)cnc1N.C[C@H]1CC[C@H](c2ccc3sc(-c4ccnn4C)nc3c2)NC1. The van der Waals surface area contributed by atoms with Crippen molar-refractivity contribution in [2.45, 2.75) is 85.7 Å². The van der Waals surface area contributed by atoms with Gasteiger partial charge in [0.25, 0.3) is 0 Å². The van der Waals surface area contributed by atoms with E-state index in [-0.39, 0.29) is 13.5 Å². The maximum absolute atomic E-state index is 13.4. The van der Waals surface area contributed by atoms with Crippen LogP contribution in [0.2, 0.25) is 0 Å². The lowest BCUT2D eigenvalue weighted by Gasteiger charge is -2.38. The molecule has 8 aromatic rings. The van der Waals surface area contributed by atoms with Gasteiger partial charge in [-0.25, -0.2) is 24.7 Å². The number of pyridine rings is 2. The molecule has 3 amide bonds. The van der Waals surface area contributed by atoms with Gasteiger partial charge >= 0.3 is 23.7 Å². The number of fused-ring (bicyclic) bond motifs is 2. The summed E-state index contributed by atoms with van der Waals surface area (Å²) in [7, 11) is 3.86. The third-order valence-corrected chi connectivity index (χ3v) is 15.2. The number of aromatic nitrogens is 8. The number of rotatable bonds is 8. The third-order valence-electron chi connectivity index (χ3n) is 13.1. The average molecular weight is 1040 g/mol. The Morgan fingerprint density at radius 2 is 1.22 bits per heavy atom. The van der Waals surface area contributed by atoms with E-state index in [0.29, 0.717) is 54.4 Å². The zero-order valence-corrected chi connectivity index (χ0v) is 43.3. The van der Waals surface area contributed by atoms with Crippen molar-refractivity contribution >= 4 is 89.8 Å². The highest BCUT2D eigenvalue weighted by Gasteiger charge is 2.35. The number of carboxylic acid groups (broad SMARTS) is 1. The van der Waals surface area contributed by atoms with E-state index in [1.165, 1.54) is 35.5 Å². The molecule has 8 N–H and O–H groups in total. The van der Waals surface area contributed by atoms with Gasteiger partial charge in [0, 0.05) is 39.1 Å². The number of hydrogen-bond donors (Lipinski definition) is 6. The molecule has 4 atom stereocenters. The van der Waals surface area contributed by atoms with Crippen molar-refractivity contribution in [2.75, 3.05) is 35.2 Å². The van der Waals surface area contributed by atoms with E-state index >= 15 is 0 Å². The number of benzene rings is 2. The highest BCUT2D eigenvalue weighted by atomic mass is 32.1. The van der Waals surface area contributed by atoms with Crippen LogP contribution in [-0.4, -0.2) is 86.3 Å². The summed E-state index contributed by atoms with van der Waals surface area (Å²) in [5, 5.41) is 27.3. The predicted molar refractivity (Wildman–Crippen MR) is 293 cm³/mol. The summed E-state index contributed by atoms with van der Waals surface area (Å²) in [5.74, 6) is -1.94. The number of nitrogens with zero attached hydrogens (tertiary/aromatic N) is 9. The van der Waals surface area contributed by atoms with Gasteiger partial charge < -0.3 is 37.4 Å². The zero-order valence-electron chi connectivity index (χ0n) is 41.6. The quantitative estimate of drug-likeness (QED) is 0.0777. The van der Waals surface area contributed by atoms with Crippen LogP contribution in [0.3, 0.4) is 0 Å². The van der Waals surface area contributed by atoms with E-state index in [4.69, 9.17) is 26.5 Å². The highest BCUT2D eigenvalue weighted by Crippen LogP contribution is 2.38. The number of carbonyl (C=O) groups excluding carboxylic acids is 3. The first kappa shape index (κ1) is 54.2. The molecule has 2 saturated heterocycles. The van der Waals surface area contributed by atoms with E-state index in [0.717, 1.165) is 79.1 Å². The second-order valence-corrected chi connectivity index (χ2v) is 20.5. The lowest BCUT2D eigenvalue weighted by molar-refractivity contribution is -0.147. The van der Waals surface area contributed by atoms with Crippen LogP contribution in [-0.2, 0) is 46.1 Å². The van der Waals surface area contributed by atoms with Gasteiger partial charge in [0.05, 0.1) is 61.6 Å². The minimum Gasteiger partial charge on any atom is -0.474 e. The molecule has 21 heteroatoms. The van der Waals surface area contributed by atoms with E-state index in [9.17, 15) is 19.2 Å². The molecular weight excluding hydrogens is 977 g/mol. The summed E-state index contributed by atoms with van der Waals surface area (Å²) < 4.78 is 5.99. The Bertz CT molecular complexity index is 3280. The Hall–Kier alpha value is -7.62. The first-order valence-electron chi connectivity index (χ1n) is 24.2. The molecule has 19 nitrogen and oxygen atoms in total. The lowest BCUT2D eigenvalue weighted by atomic mass is 9.89. The number of likely N-dealkylation sites (tertiary alicyclic amines) is 1. The van der Waals surface area contributed by atoms with Gasteiger partial charge in [-0.05, 0) is 128 Å². The van der Waals surface area contributed by atoms with Crippen molar-refractivity contribution in [3.63, 3.8) is 0 Å². The van der Waals surface area contributed by atoms with Crippen molar-refractivity contribution in [1.29, 1.82) is 0 Å². The van der Waals surface area contributed by atoms with Crippen LogP contribution < -0.4 is 27.4 Å². The van der Waals surface area contributed by atoms with Crippen LogP contribution in [0.4, 0.5) is 23.0 Å². The van der Waals surface area contributed by atoms with Gasteiger partial charge in [0.15, 0.2) is 0 Å². The van der Waals surface area contributed by atoms with E-state index in [1.54, 1.807) is 50.6 Å². The van der Waals surface area contributed by atoms with Crippen molar-refractivity contribution in [3.05, 3.63) is 108 Å². The number of carbonyl (C=O) groups is 4. The van der Waals surface area contributed by atoms with Crippen molar-refractivity contribution in [3.8, 4) is 21.4 Å². The number of nitrogens with two attached hydrogens (primary N) is 2. The summed E-state index contributed by atoms with van der Waals surface area (Å²) in [6.07, 6.45) is 12.0. The predicted octanol–water partition coefficient (Wildman–Crippen LogP) is 8.82. The molecule has 10 rings (SSSR count). The lowest BCUT2D eigenvalue weighted by Crippen LogP contribution is -2.46. The van der Waals surface area contributed by atoms with Crippen molar-refractivity contribution in [1.82, 2.24) is 49.7 Å². The molecule has 2 aliphatic heterocycles. The Balaban J connectivity index is 0.000000179. The van der Waals surface area contributed by atoms with Gasteiger partial charge in [-0.1, -0.05) is 47.3 Å². The Morgan fingerprint density at radius 3 is 1.70 bits per heavy atom. The number of hydrogen-bond acceptors (Lipinski definition) is 15. The molecule has 0 aliphatic carbocycles. The van der Waals surface area contributed by atoms with E-state index < -0.39 is 23.7 Å². The molecule has 0 radical (unpaired) electrons. The molecule has 2 aliphatic rings. The second-order valence-electron chi connectivity index (χ2n) is 18.4. The largest absolute Gasteiger partial charge is 0.474 e. The molecule has 74 heavy (non-hydrogen) atoms. The maximum atomic E-state index is 13.4. The van der Waals surface area contributed by atoms with Gasteiger partial charge in [0.2, 0.25) is 0 Å². The molecule has 0 spiro atoms. The van der Waals surface area contributed by atoms with Crippen LogP contribution in [0.15, 0.2) is 85.5 Å². The molecule has 0 unspecified atom stereocenters. The van der Waals surface area contributed by atoms with Gasteiger partial charge in [-0.3, -0.25) is 23.7 Å². The Labute approximate surface area is 437 Å². The van der Waals surface area contributed by atoms with Crippen LogP contribution >= 0.6 is 22.7 Å². The number of aliphatic carboxylic acids is 1. The minimum absolute atomic E-state index is 0. The number of anilines is 4. The smallest absolute Gasteiger partial charge is 0.394 e. The van der Waals surface area contributed by atoms with E-state index in [2.05, 4.69) is 74.2 Å². The maximum Gasteiger partial charge on any atom is 0.394 e. The molecule has 2 fully saturated rings. The average Bonchev–Trinajstić information content (AvgIpc) is 4.21. The fourth-order valence-electron chi connectivity index (χ4n) is 8.95. The molecule has 0 saturated carbocycles. The summed E-state index contributed by atoms with van der Waals surface area (Å²) >= 11 is 3.34. The molecule has 6 aromatic heterocycles.